The first kappa shape index (κ1) is 36.7. The average molecular weight is 714 g/mol. The Balaban J connectivity index is 0.00000520. The second-order valence-electron chi connectivity index (χ2n) is 11.5. The van der Waals surface area contributed by atoms with E-state index in [2.05, 4.69) is 19.9 Å². The predicted octanol–water partition coefficient (Wildman–Crippen LogP) is 6.78. The number of ether oxygens (including phenoxy) is 1. The van der Waals surface area contributed by atoms with Gasteiger partial charge in [-0.05, 0) is 66.4 Å². The second kappa shape index (κ2) is 15.8. The topological polar surface area (TPSA) is 138 Å². The number of nitrogens with one attached hydrogen (secondary N) is 2. The van der Waals surface area contributed by atoms with Gasteiger partial charge in [0.2, 0.25) is 15.9 Å². The van der Waals surface area contributed by atoms with Crippen LogP contribution in [0, 0.1) is 0 Å². The van der Waals surface area contributed by atoms with Gasteiger partial charge in [0.15, 0.2) is 9.84 Å². The lowest BCUT2D eigenvalue weighted by molar-refractivity contribution is 0.199. The number of sulfone groups is 1. The van der Waals surface area contributed by atoms with E-state index in [1.807, 2.05) is 42.5 Å². The first-order chi connectivity index (χ1) is 22.3. The summed E-state index contributed by atoms with van der Waals surface area (Å²) in [5, 5.41) is 3.13. The van der Waals surface area contributed by atoms with E-state index in [-0.39, 0.29) is 36.0 Å². The molecule has 2 N–H and O–H groups in total. The van der Waals surface area contributed by atoms with Gasteiger partial charge in [0, 0.05) is 55.6 Å². The van der Waals surface area contributed by atoms with Crippen molar-refractivity contribution >= 4 is 54.6 Å². The quantitative estimate of drug-likeness (QED) is 0.174. The zero-order chi connectivity index (χ0) is 33.6. The molecule has 2 heterocycles. The highest BCUT2D eigenvalue weighted by Crippen LogP contribution is 2.29. The summed E-state index contributed by atoms with van der Waals surface area (Å²) in [6.07, 6.45) is 5.50. The van der Waals surface area contributed by atoms with Crippen LogP contribution >= 0.6 is 11.6 Å². The van der Waals surface area contributed by atoms with Crippen molar-refractivity contribution in [3.05, 3.63) is 107 Å². The van der Waals surface area contributed by atoms with Crippen molar-refractivity contribution in [3.63, 3.8) is 0 Å². The molecule has 5 rings (SSSR count). The zero-order valence-electron chi connectivity index (χ0n) is 26.0. The molecule has 0 saturated carbocycles. The summed E-state index contributed by atoms with van der Waals surface area (Å²) in [6.45, 7) is 2.23. The minimum absolute atomic E-state index is 0. The first-order valence-corrected chi connectivity index (χ1v) is 19.2. The van der Waals surface area contributed by atoms with E-state index in [9.17, 15) is 21.6 Å². The number of likely N-dealkylation sites (tertiary alicyclic amines) is 1. The predicted molar refractivity (Wildman–Crippen MR) is 192 cm³/mol. The number of urea groups is 1. The Bertz CT molecular complexity index is 1900. The number of anilines is 3. The fraction of sp³-hybridized carbons (Fsp3) is 0.294. The van der Waals surface area contributed by atoms with Crippen LogP contribution in [-0.4, -0.2) is 64.4 Å². The van der Waals surface area contributed by atoms with Crippen LogP contribution < -0.4 is 19.7 Å². The molecule has 0 unspecified atom stereocenters. The molecule has 3 aromatic carbocycles. The van der Waals surface area contributed by atoms with E-state index < -0.39 is 19.9 Å². The SMILES string of the molecule is C.CS(=O)(=O)Cc1ccc(Oc2ccc(CN3CCC(N(C(=O)Nc4ccc(Cl)c(NS(C)(=O)=O)c4)c4ccccc4)CC3)cn2)cc1. The van der Waals surface area contributed by atoms with E-state index in [4.69, 9.17) is 16.3 Å². The van der Waals surface area contributed by atoms with Crippen molar-refractivity contribution in [3.8, 4) is 11.6 Å². The number of rotatable bonds is 11. The molecular weight excluding hydrogens is 674 g/mol. The zero-order valence-corrected chi connectivity index (χ0v) is 28.4. The minimum atomic E-state index is -3.56. The summed E-state index contributed by atoms with van der Waals surface area (Å²) in [5.74, 6) is 0.984. The van der Waals surface area contributed by atoms with Crippen molar-refractivity contribution in [1.29, 1.82) is 0 Å². The van der Waals surface area contributed by atoms with Crippen LogP contribution in [0.15, 0.2) is 91.1 Å². The molecule has 11 nitrogen and oxygen atoms in total. The third kappa shape index (κ3) is 10.7. The maximum Gasteiger partial charge on any atom is 0.326 e. The summed E-state index contributed by atoms with van der Waals surface area (Å²) >= 11 is 6.17. The number of sulfonamides is 1. The van der Waals surface area contributed by atoms with Gasteiger partial charge in [-0.1, -0.05) is 55.4 Å². The second-order valence-corrected chi connectivity index (χ2v) is 15.8. The number of hydrogen-bond donors (Lipinski definition) is 2. The molecule has 1 fully saturated rings. The number of aromatic nitrogens is 1. The number of benzene rings is 3. The Morgan fingerprint density at radius 1 is 0.938 bits per heavy atom. The fourth-order valence-electron chi connectivity index (χ4n) is 5.38. The van der Waals surface area contributed by atoms with Gasteiger partial charge in [0.25, 0.3) is 0 Å². The molecule has 2 amide bonds. The number of carbonyl (C=O) groups is 1. The van der Waals surface area contributed by atoms with E-state index >= 15 is 0 Å². The lowest BCUT2D eigenvalue weighted by Gasteiger charge is -2.38. The van der Waals surface area contributed by atoms with Crippen molar-refractivity contribution in [2.45, 2.75) is 38.6 Å². The van der Waals surface area contributed by atoms with Crippen LogP contribution in [0.4, 0.5) is 21.9 Å². The Morgan fingerprint density at radius 2 is 1.60 bits per heavy atom. The van der Waals surface area contributed by atoms with Gasteiger partial charge in [0.05, 0.1) is 22.7 Å². The Hall–Kier alpha value is -4.17. The highest BCUT2D eigenvalue weighted by atomic mass is 35.5. The van der Waals surface area contributed by atoms with Crippen LogP contribution in [0.25, 0.3) is 0 Å². The van der Waals surface area contributed by atoms with Crippen molar-refractivity contribution in [2.24, 2.45) is 0 Å². The largest absolute Gasteiger partial charge is 0.439 e. The smallest absolute Gasteiger partial charge is 0.326 e. The molecule has 256 valence electrons. The number of para-hydroxylation sites is 1. The first-order valence-electron chi connectivity index (χ1n) is 14.9. The molecule has 0 atom stereocenters. The number of hydrogen-bond acceptors (Lipinski definition) is 8. The molecule has 1 aliphatic rings. The summed E-state index contributed by atoms with van der Waals surface area (Å²) in [4.78, 5) is 22.2. The van der Waals surface area contributed by atoms with Gasteiger partial charge in [0.1, 0.15) is 5.75 Å². The number of halogens is 1. The third-order valence-corrected chi connectivity index (χ3v) is 9.24. The molecule has 1 aromatic heterocycles. The van der Waals surface area contributed by atoms with Crippen molar-refractivity contribution in [1.82, 2.24) is 9.88 Å². The van der Waals surface area contributed by atoms with Gasteiger partial charge in [-0.2, -0.15) is 0 Å². The summed E-state index contributed by atoms with van der Waals surface area (Å²) < 4.78 is 54.8. The number of piperidine rings is 1. The maximum atomic E-state index is 13.7. The normalized spacial score (nSPS) is 14.1. The van der Waals surface area contributed by atoms with Gasteiger partial charge in [-0.15, -0.1) is 0 Å². The van der Waals surface area contributed by atoms with Crippen LogP contribution in [0.2, 0.25) is 5.02 Å². The molecule has 0 bridgehead atoms. The van der Waals surface area contributed by atoms with E-state index in [1.165, 1.54) is 18.4 Å². The monoisotopic (exact) mass is 713 g/mol. The Morgan fingerprint density at radius 3 is 2.21 bits per heavy atom. The highest BCUT2D eigenvalue weighted by Gasteiger charge is 2.29. The summed E-state index contributed by atoms with van der Waals surface area (Å²) in [7, 11) is -6.67. The van der Waals surface area contributed by atoms with Crippen LogP contribution in [0.1, 0.15) is 31.4 Å². The van der Waals surface area contributed by atoms with Crippen LogP contribution in [0.5, 0.6) is 11.6 Å². The third-order valence-electron chi connectivity index (χ3n) is 7.47. The van der Waals surface area contributed by atoms with Crippen molar-refractivity contribution in [2.75, 3.05) is 40.5 Å². The Kier molecular flexibility index (Phi) is 12.1. The molecule has 14 heteroatoms. The Labute approximate surface area is 287 Å². The van der Waals surface area contributed by atoms with Gasteiger partial charge in [-0.25, -0.2) is 26.6 Å². The fourth-order valence-corrected chi connectivity index (χ4v) is 6.97. The lowest BCUT2D eigenvalue weighted by Crippen LogP contribution is -2.49. The van der Waals surface area contributed by atoms with Gasteiger partial charge in [-0.3, -0.25) is 14.5 Å². The molecule has 0 spiro atoms. The summed E-state index contributed by atoms with van der Waals surface area (Å²) in [6, 6.07) is 24.4. The molecule has 4 aromatic rings. The summed E-state index contributed by atoms with van der Waals surface area (Å²) in [5.41, 5.74) is 3.07. The number of amides is 2. The van der Waals surface area contributed by atoms with Crippen LogP contribution in [-0.2, 0) is 32.2 Å². The van der Waals surface area contributed by atoms with Crippen molar-refractivity contribution < 1.29 is 26.4 Å². The molecule has 1 aliphatic heterocycles. The molecule has 1 saturated heterocycles. The van der Waals surface area contributed by atoms with E-state index in [0.717, 1.165) is 43.4 Å². The molecule has 0 aliphatic carbocycles. The standard InChI is InChI=1S/C33H36ClN5O6S2.CH4/c1-46(41,42)23-24-8-12-29(13-9-24)45-32-15-10-25(21-35-32)22-38-18-16-28(17-19-38)39(27-6-4-3-5-7-27)33(40)36-26-11-14-30(34)31(20-26)37-47(2,43)44;/h3-15,20-21,28,37H,16-19,22-23H2,1-2H3,(H,36,40);1H4. The van der Waals surface area contributed by atoms with Gasteiger partial charge >= 0.3 is 6.03 Å². The van der Waals surface area contributed by atoms with Gasteiger partial charge < -0.3 is 10.1 Å². The minimum Gasteiger partial charge on any atom is -0.439 e. The maximum absolute atomic E-state index is 13.7. The van der Waals surface area contributed by atoms with E-state index in [1.54, 1.807) is 41.4 Å². The average Bonchev–Trinajstić information content (AvgIpc) is 3.01. The highest BCUT2D eigenvalue weighted by molar-refractivity contribution is 7.92. The molecule has 48 heavy (non-hydrogen) atoms. The van der Waals surface area contributed by atoms with Crippen LogP contribution in [0.3, 0.4) is 0 Å². The lowest BCUT2D eigenvalue weighted by atomic mass is 10.0. The molecule has 0 radical (unpaired) electrons. The molecular formula is C34H40ClN5O6S2. The number of nitrogens with zero attached hydrogens (tertiary/aromatic N) is 3. The number of carbonyl (C=O) groups excluding carboxylic acids is 1. The number of pyridine rings is 1. The van der Waals surface area contributed by atoms with E-state index in [0.29, 0.717) is 29.4 Å².